The molecular formula is C13H20N2O2S. The molecule has 100 valence electrons. The first-order chi connectivity index (χ1) is 8.62. The van der Waals surface area contributed by atoms with Gasteiger partial charge in [-0.25, -0.2) is 8.42 Å². The Hall–Kier alpha value is -1.07. The molecule has 1 aliphatic rings. The molecule has 1 aromatic carbocycles. The van der Waals surface area contributed by atoms with Crippen molar-refractivity contribution in [2.45, 2.75) is 30.7 Å². The summed E-state index contributed by atoms with van der Waals surface area (Å²) < 4.78 is 23.7. The lowest BCUT2D eigenvalue weighted by Gasteiger charge is -2.13. The van der Waals surface area contributed by atoms with Crippen molar-refractivity contribution in [2.24, 2.45) is 0 Å². The molecule has 0 aromatic heterocycles. The van der Waals surface area contributed by atoms with E-state index in [9.17, 15) is 8.42 Å². The molecule has 2 rings (SSSR count). The minimum absolute atomic E-state index is 0.215. The topological polar surface area (TPSA) is 58.2 Å². The Labute approximate surface area is 109 Å². The maximum atomic E-state index is 11.9. The van der Waals surface area contributed by atoms with Crippen LogP contribution in [0.4, 0.5) is 5.69 Å². The molecule has 1 heterocycles. The third kappa shape index (κ3) is 3.23. The first kappa shape index (κ1) is 13.4. The molecular weight excluding hydrogens is 248 g/mol. The van der Waals surface area contributed by atoms with E-state index < -0.39 is 9.84 Å². The molecule has 0 amide bonds. The fourth-order valence-corrected chi connectivity index (χ4v) is 3.48. The first-order valence-electron chi connectivity index (χ1n) is 6.42. The van der Waals surface area contributed by atoms with Gasteiger partial charge in [-0.2, -0.15) is 0 Å². The van der Waals surface area contributed by atoms with Crippen molar-refractivity contribution in [1.82, 2.24) is 5.32 Å². The highest BCUT2D eigenvalue weighted by atomic mass is 32.2. The standard InChI is InChI=1S/C13H20N2O2S/c1-2-9-18(16,17)13-5-3-11(4-6-13)15-12-7-8-14-10-12/h3-6,12,14-15H,2,7-10H2,1H3. The van der Waals surface area contributed by atoms with E-state index in [-0.39, 0.29) is 5.75 Å². The van der Waals surface area contributed by atoms with E-state index in [1.165, 1.54) is 0 Å². The Morgan fingerprint density at radius 3 is 2.61 bits per heavy atom. The van der Waals surface area contributed by atoms with Crippen LogP contribution in [0.5, 0.6) is 0 Å². The highest BCUT2D eigenvalue weighted by molar-refractivity contribution is 7.91. The van der Waals surface area contributed by atoms with Crippen molar-refractivity contribution in [3.63, 3.8) is 0 Å². The molecule has 1 aromatic rings. The number of anilines is 1. The van der Waals surface area contributed by atoms with Crippen LogP contribution in [0.25, 0.3) is 0 Å². The maximum Gasteiger partial charge on any atom is 0.178 e. The lowest BCUT2D eigenvalue weighted by Crippen LogP contribution is -2.22. The Morgan fingerprint density at radius 1 is 1.33 bits per heavy atom. The summed E-state index contributed by atoms with van der Waals surface area (Å²) in [4.78, 5) is 0.416. The van der Waals surface area contributed by atoms with E-state index in [1.54, 1.807) is 12.1 Å². The van der Waals surface area contributed by atoms with E-state index in [4.69, 9.17) is 0 Å². The monoisotopic (exact) mass is 268 g/mol. The quantitative estimate of drug-likeness (QED) is 0.852. The molecule has 0 aliphatic carbocycles. The third-order valence-corrected chi connectivity index (χ3v) is 5.05. The number of rotatable bonds is 5. The largest absolute Gasteiger partial charge is 0.381 e. The van der Waals surface area contributed by atoms with E-state index in [0.29, 0.717) is 17.4 Å². The Morgan fingerprint density at radius 2 is 2.06 bits per heavy atom. The zero-order chi connectivity index (χ0) is 13.0. The van der Waals surface area contributed by atoms with Gasteiger partial charge in [0.05, 0.1) is 10.6 Å². The van der Waals surface area contributed by atoms with Gasteiger partial charge >= 0.3 is 0 Å². The van der Waals surface area contributed by atoms with E-state index in [2.05, 4.69) is 10.6 Å². The summed E-state index contributed by atoms with van der Waals surface area (Å²) in [6.07, 6.45) is 1.76. The summed E-state index contributed by atoms with van der Waals surface area (Å²) in [7, 11) is -3.09. The Bertz CT molecular complexity index is 476. The van der Waals surface area contributed by atoms with Crippen LogP contribution in [0.1, 0.15) is 19.8 Å². The van der Waals surface area contributed by atoms with Crippen molar-refractivity contribution in [2.75, 3.05) is 24.2 Å². The number of hydrogen-bond acceptors (Lipinski definition) is 4. The van der Waals surface area contributed by atoms with Gasteiger partial charge in [-0.15, -0.1) is 0 Å². The smallest absolute Gasteiger partial charge is 0.178 e. The van der Waals surface area contributed by atoms with Gasteiger partial charge < -0.3 is 10.6 Å². The highest BCUT2D eigenvalue weighted by Crippen LogP contribution is 2.17. The van der Waals surface area contributed by atoms with Gasteiger partial charge in [-0.3, -0.25) is 0 Å². The summed E-state index contributed by atoms with van der Waals surface area (Å²) in [6, 6.07) is 7.52. The molecule has 1 atom stereocenters. The normalized spacial score (nSPS) is 19.9. The summed E-state index contributed by atoms with van der Waals surface area (Å²) >= 11 is 0. The summed E-state index contributed by atoms with van der Waals surface area (Å²) in [5, 5.41) is 6.68. The van der Waals surface area contributed by atoms with Crippen LogP contribution in [0, 0.1) is 0 Å². The zero-order valence-corrected chi connectivity index (χ0v) is 11.5. The second-order valence-corrected chi connectivity index (χ2v) is 6.79. The van der Waals surface area contributed by atoms with Crippen molar-refractivity contribution < 1.29 is 8.42 Å². The maximum absolute atomic E-state index is 11.9. The molecule has 1 unspecified atom stereocenters. The van der Waals surface area contributed by atoms with Crippen molar-refractivity contribution in [3.05, 3.63) is 24.3 Å². The van der Waals surface area contributed by atoms with Crippen LogP contribution in [-0.4, -0.2) is 33.3 Å². The SMILES string of the molecule is CCCS(=O)(=O)c1ccc(NC2CCNC2)cc1. The van der Waals surface area contributed by atoms with Crippen LogP contribution >= 0.6 is 0 Å². The minimum atomic E-state index is -3.09. The average molecular weight is 268 g/mol. The van der Waals surface area contributed by atoms with Crippen LogP contribution in [-0.2, 0) is 9.84 Å². The molecule has 1 aliphatic heterocycles. The van der Waals surface area contributed by atoms with Crippen molar-refractivity contribution >= 4 is 15.5 Å². The summed E-state index contributed by atoms with van der Waals surface area (Å²) in [5.41, 5.74) is 0.985. The predicted molar refractivity (Wildman–Crippen MR) is 73.7 cm³/mol. The number of hydrogen-bond donors (Lipinski definition) is 2. The molecule has 0 bridgehead atoms. The first-order valence-corrected chi connectivity index (χ1v) is 8.07. The van der Waals surface area contributed by atoms with Gasteiger partial charge in [0.25, 0.3) is 0 Å². The van der Waals surface area contributed by atoms with Crippen LogP contribution in [0.3, 0.4) is 0 Å². The fraction of sp³-hybridized carbons (Fsp3) is 0.538. The second kappa shape index (κ2) is 5.71. The number of sulfone groups is 1. The summed E-state index contributed by atoms with van der Waals surface area (Å²) in [6.45, 7) is 3.89. The number of nitrogens with one attached hydrogen (secondary N) is 2. The van der Waals surface area contributed by atoms with Gasteiger partial charge in [-0.05, 0) is 43.7 Å². The predicted octanol–water partition coefficient (Wildman–Crippen LogP) is 1.64. The lowest BCUT2D eigenvalue weighted by molar-refractivity contribution is 0.595. The zero-order valence-electron chi connectivity index (χ0n) is 10.6. The second-order valence-electron chi connectivity index (χ2n) is 4.68. The van der Waals surface area contributed by atoms with Crippen LogP contribution in [0.2, 0.25) is 0 Å². The van der Waals surface area contributed by atoms with Gasteiger partial charge in [0.15, 0.2) is 9.84 Å². The average Bonchev–Trinajstić information content (AvgIpc) is 2.82. The van der Waals surface area contributed by atoms with Gasteiger partial charge in [-0.1, -0.05) is 6.92 Å². The molecule has 1 fully saturated rings. The fourth-order valence-electron chi connectivity index (χ4n) is 2.16. The highest BCUT2D eigenvalue weighted by Gasteiger charge is 2.15. The van der Waals surface area contributed by atoms with Crippen molar-refractivity contribution in [3.8, 4) is 0 Å². The Balaban J connectivity index is 2.05. The molecule has 0 radical (unpaired) electrons. The van der Waals surface area contributed by atoms with Crippen molar-refractivity contribution in [1.29, 1.82) is 0 Å². The lowest BCUT2D eigenvalue weighted by atomic mass is 10.2. The van der Waals surface area contributed by atoms with E-state index in [0.717, 1.165) is 25.2 Å². The van der Waals surface area contributed by atoms with Gasteiger partial charge in [0.2, 0.25) is 0 Å². The minimum Gasteiger partial charge on any atom is -0.381 e. The molecule has 4 nitrogen and oxygen atoms in total. The molecule has 5 heteroatoms. The molecule has 0 spiro atoms. The van der Waals surface area contributed by atoms with Crippen LogP contribution in [0.15, 0.2) is 29.2 Å². The van der Waals surface area contributed by atoms with E-state index in [1.807, 2.05) is 19.1 Å². The Kier molecular flexibility index (Phi) is 4.24. The molecule has 18 heavy (non-hydrogen) atoms. The van der Waals surface area contributed by atoms with E-state index >= 15 is 0 Å². The third-order valence-electron chi connectivity index (χ3n) is 3.12. The molecule has 0 saturated carbocycles. The molecule has 1 saturated heterocycles. The van der Waals surface area contributed by atoms with Gasteiger partial charge in [0.1, 0.15) is 0 Å². The summed E-state index contributed by atoms with van der Waals surface area (Å²) in [5.74, 6) is 0.215. The van der Waals surface area contributed by atoms with Crippen LogP contribution < -0.4 is 10.6 Å². The number of benzene rings is 1. The van der Waals surface area contributed by atoms with Gasteiger partial charge in [0, 0.05) is 18.3 Å². The molecule has 2 N–H and O–H groups in total.